The summed E-state index contributed by atoms with van der Waals surface area (Å²) >= 11 is 0. The normalized spacial score (nSPS) is 13.4. The van der Waals surface area contributed by atoms with Gasteiger partial charge in [0.1, 0.15) is 12.1 Å². The van der Waals surface area contributed by atoms with Crippen molar-refractivity contribution < 1.29 is 34.1 Å². The van der Waals surface area contributed by atoms with Crippen LogP contribution in [0.25, 0.3) is 0 Å². The standard InChI is InChI=1S/C10H16N2O7/c11-5(9(15)16)1-3-7(13)19-8(14)4-2-6(12)10(17)18/h5-6H,1-4,11-12H2,(H,15,16)(H,17,18)/t5-,6?/m0/s1. The number of nitrogens with two attached hydrogens (primary N) is 2. The summed E-state index contributed by atoms with van der Waals surface area (Å²) in [5.41, 5.74) is 10.3. The van der Waals surface area contributed by atoms with Crippen molar-refractivity contribution >= 4 is 23.9 Å². The van der Waals surface area contributed by atoms with Crippen LogP contribution < -0.4 is 11.5 Å². The summed E-state index contributed by atoms with van der Waals surface area (Å²) in [5, 5.41) is 16.9. The summed E-state index contributed by atoms with van der Waals surface area (Å²) in [6.07, 6.45) is -0.944. The Morgan fingerprint density at radius 3 is 1.42 bits per heavy atom. The molecule has 0 radical (unpaired) electrons. The van der Waals surface area contributed by atoms with Crippen molar-refractivity contribution in [2.75, 3.05) is 0 Å². The molecular weight excluding hydrogens is 260 g/mol. The van der Waals surface area contributed by atoms with E-state index in [0.717, 1.165) is 0 Å². The number of esters is 2. The first-order valence-corrected chi connectivity index (χ1v) is 5.44. The lowest BCUT2D eigenvalue weighted by molar-refractivity contribution is -0.159. The Kier molecular flexibility index (Phi) is 7.30. The molecule has 0 heterocycles. The zero-order chi connectivity index (χ0) is 15.0. The summed E-state index contributed by atoms with van der Waals surface area (Å²) in [7, 11) is 0. The van der Waals surface area contributed by atoms with Gasteiger partial charge in [-0.25, -0.2) is 0 Å². The molecule has 0 aromatic rings. The maximum atomic E-state index is 11.1. The van der Waals surface area contributed by atoms with Crippen molar-refractivity contribution in [2.45, 2.75) is 37.8 Å². The first-order valence-electron chi connectivity index (χ1n) is 5.44. The van der Waals surface area contributed by atoms with Crippen molar-refractivity contribution in [3.8, 4) is 0 Å². The fraction of sp³-hybridized carbons (Fsp3) is 0.600. The van der Waals surface area contributed by atoms with E-state index in [1.165, 1.54) is 0 Å². The van der Waals surface area contributed by atoms with E-state index in [9.17, 15) is 19.2 Å². The quantitative estimate of drug-likeness (QED) is 0.302. The van der Waals surface area contributed by atoms with Gasteiger partial charge in [-0.1, -0.05) is 0 Å². The monoisotopic (exact) mass is 276 g/mol. The molecule has 9 nitrogen and oxygen atoms in total. The maximum Gasteiger partial charge on any atom is 0.320 e. The molecule has 0 saturated carbocycles. The Morgan fingerprint density at radius 2 is 1.16 bits per heavy atom. The Morgan fingerprint density at radius 1 is 0.842 bits per heavy atom. The Balaban J connectivity index is 3.90. The van der Waals surface area contributed by atoms with Gasteiger partial charge >= 0.3 is 23.9 Å². The van der Waals surface area contributed by atoms with Crippen LogP contribution in [0.15, 0.2) is 0 Å². The topological polar surface area (TPSA) is 170 Å². The minimum atomic E-state index is -1.26. The fourth-order valence-electron chi connectivity index (χ4n) is 1.02. The highest BCUT2D eigenvalue weighted by Gasteiger charge is 2.18. The van der Waals surface area contributed by atoms with E-state index in [-0.39, 0.29) is 25.7 Å². The van der Waals surface area contributed by atoms with Gasteiger partial charge in [0, 0.05) is 12.8 Å². The highest BCUT2D eigenvalue weighted by molar-refractivity contribution is 5.86. The van der Waals surface area contributed by atoms with Gasteiger partial charge in [0.15, 0.2) is 0 Å². The molecule has 0 aliphatic heterocycles. The predicted octanol–water partition coefficient (Wildman–Crippen LogP) is -1.56. The van der Waals surface area contributed by atoms with E-state index in [1.54, 1.807) is 0 Å². The fourth-order valence-corrected chi connectivity index (χ4v) is 1.02. The van der Waals surface area contributed by atoms with Gasteiger partial charge in [-0.15, -0.1) is 0 Å². The molecule has 0 amide bonds. The van der Waals surface area contributed by atoms with E-state index in [1.807, 2.05) is 0 Å². The summed E-state index contributed by atoms with van der Waals surface area (Å²) < 4.78 is 4.34. The minimum Gasteiger partial charge on any atom is -0.480 e. The minimum absolute atomic E-state index is 0.157. The van der Waals surface area contributed by atoms with Gasteiger partial charge in [0.25, 0.3) is 0 Å². The van der Waals surface area contributed by atoms with Crippen LogP contribution in [0, 0.1) is 0 Å². The lowest BCUT2D eigenvalue weighted by atomic mass is 10.1. The molecule has 9 heteroatoms. The van der Waals surface area contributed by atoms with Crippen LogP contribution in [-0.2, 0) is 23.9 Å². The van der Waals surface area contributed by atoms with Crippen molar-refractivity contribution in [3.63, 3.8) is 0 Å². The number of carbonyl (C=O) groups is 4. The molecule has 6 N–H and O–H groups in total. The van der Waals surface area contributed by atoms with E-state index in [4.69, 9.17) is 21.7 Å². The molecule has 0 aromatic carbocycles. The summed E-state index contributed by atoms with van der Waals surface area (Å²) in [6, 6.07) is -2.41. The van der Waals surface area contributed by atoms with Crippen molar-refractivity contribution in [1.82, 2.24) is 0 Å². The number of ether oxygens (including phenoxy) is 1. The molecule has 0 bridgehead atoms. The van der Waals surface area contributed by atoms with E-state index in [0.29, 0.717) is 0 Å². The van der Waals surface area contributed by atoms with Crippen LogP contribution in [0.5, 0.6) is 0 Å². The summed E-state index contributed by atoms with van der Waals surface area (Å²) in [6.45, 7) is 0. The van der Waals surface area contributed by atoms with Crippen LogP contribution in [0.1, 0.15) is 25.7 Å². The molecule has 0 rings (SSSR count). The van der Waals surface area contributed by atoms with Crippen LogP contribution in [-0.4, -0.2) is 46.2 Å². The maximum absolute atomic E-state index is 11.1. The molecule has 1 unspecified atom stereocenters. The van der Waals surface area contributed by atoms with Gasteiger partial charge in [-0.2, -0.15) is 0 Å². The van der Waals surface area contributed by atoms with Crippen LogP contribution in [0.3, 0.4) is 0 Å². The third kappa shape index (κ3) is 7.84. The van der Waals surface area contributed by atoms with E-state index < -0.39 is 36.0 Å². The molecule has 19 heavy (non-hydrogen) atoms. The van der Waals surface area contributed by atoms with Gasteiger partial charge in [-0.05, 0) is 12.8 Å². The zero-order valence-corrected chi connectivity index (χ0v) is 10.1. The number of carboxylic acid groups (broad SMARTS) is 2. The van der Waals surface area contributed by atoms with Crippen molar-refractivity contribution in [2.24, 2.45) is 11.5 Å². The number of carboxylic acids is 2. The van der Waals surface area contributed by atoms with Crippen LogP contribution in [0.2, 0.25) is 0 Å². The van der Waals surface area contributed by atoms with Crippen LogP contribution >= 0.6 is 0 Å². The Labute approximate surface area is 108 Å². The largest absolute Gasteiger partial charge is 0.480 e. The van der Waals surface area contributed by atoms with Gasteiger partial charge in [-0.3, -0.25) is 19.2 Å². The van der Waals surface area contributed by atoms with Crippen molar-refractivity contribution in [3.05, 3.63) is 0 Å². The molecular formula is C10H16N2O7. The van der Waals surface area contributed by atoms with Crippen molar-refractivity contribution in [1.29, 1.82) is 0 Å². The Bertz CT molecular complexity index is 335. The second kappa shape index (κ2) is 8.16. The van der Waals surface area contributed by atoms with Gasteiger partial charge < -0.3 is 26.4 Å². The highest BCUT2D eigenvalue weighted by atomic mass is 16.6. The Hall–Kier alpha value is -2.00. The first-order chi connectivity index (χ1) is 8.73. The molecule has 0 aliphatic carbocycles. The predicted molar refractivity (Wildman–Crippen MR) is 60.8 cm³/mol. The molecule has 0 fully saturated rings. The summed E-state index contributed by atoms with van der Waals surface area (Å²) in [5.74, 6) is -4.34. The number of hydrogen-bond acceptors (Lipinski definition) is 7. The number of hydrogen-bond donors (Lipinski definition) is 4. The van der Waals surface area contributed by atoms with E-state index in [2.05, 4.69) is 4.74 Å². The van der Waals surface area contributed by atoms with Gasteiger partial charge in [0.05, 0.1) is 0 Å². The first kappa shape index (κ1) is 17.0. The molecule has 0 spiro atoms. The second-order valence-corrected chi connectivity index (χ2v) is 3.81. The van der Waals surface area contributed by atoms with E-state index >= 15 is 0 Å². The number of rotatable bonds is 8. The number of aliphatic carboxylic acids is 2. The molecule has 108 valence electrons. The average Bonchev–Trinajstić information content (AvgIpc) is 2.32. The lowest BCUT2D eigenvalue weighted by Crippen LogP contribution is -2.31. The average molecular weight is 276 g/mol. The SMILES string of the molecule is NC(CCC(=O)OC(=O)CC[C@H](N)C(=O)O)C(=O)O. The molecule has 0 aliphatic rings. The number of carbonyl (C=O) groups excluding carboxylic acids is 2. The zero-order valence-electron chi connectivity index (χ0n) is 10.1. The molecule has 0 saturated heterocycles. The second-order valence-electron chi connectivity index (χ2n) is 3.81. The molecule has 0 aromatic heterocycles. The lowest BCUT2D eigenvalue weighted by Gasteiger charge is -2.07. The smallest absolute Gasteiger partial charge is 0.320 e. The highest BCUT2D eigenvalue weighted by Crippen LogP contribution is 2.02. The third-order valence-electron chi connectivity index (χ3n) is 2.18. The third-order valence-corrected chi connectivity index (χ3v) is 2.18. The van der Waals surface area contributed by atoms with Gasteiger partial charge in [0.2, 0.25) is 0 Å². The van der Waals surface area contributed by atoms with Crippen LogP contribution in [0.4, 0.5) is 0 Å². The molecule has 2 atom stereocenters. The summed E-state index contributed by atoms with van der Waals surface area (Å²) in [4.78, 5) is 43.0.